The summed E-state index contributed by atoms with van der Waals surface area (Å²) in [6.07, 6.45) is 5.63. The third kappa shape index (κ3) is 2.69. The van der Waals surface area contributed by atoms with E-state index in [0.717, 1.165) is 10.0 Å². The minimum absolute atomic E-state index is 0.692. The maximum absolute atomic E-state index is 5.63. The first-order chi connectivity index (χ1) is 8.79. The van der Waals surface area contributed by atoms with Crippen molar-refractivity contribution in [2.45, 2.75) is 58.2 Å². The molecule has 2 heteroatoms. The van der Waals surface area contributed by atoms with Crippen LogP contribution in [0.25, 0.3) is 0 Å². The van der Waals surface area contributed by atoms with E-state index in [-0.39, 0.29) is 0 Å². The fraction of sp³-hybridized carbons (Fsp3) is 0.529. The van der Waals surface area contributed by atoms with Gasteiger partial charge in [0.15, 0.2) is 0 Å². The van der Waals surface area contributed by atoms with Crippen molar-refractivity contribution >= 4 is 29.2 Å². The number of terminal acetylenes is 1. The lowest BCUT2D eigenvalue weighted by Crippen LogP contribution is -2.56. The Morgan fingerprint density at radius 1 is 1.00 bits per heavy atom. The molecule has 0 amide bonds. The Kier molecular flexibility index (Phi) is 5.47. The van der Waals surface area contributed by atoms with Crippen LogP contribution in [0, 0.1) is 12.3 Å². The second-order valence-electron chi connectivity index (χ2n) is 6.21. The fourth-order valence-electron chi connectivity index (χ4n) is 3.91. The summed E-state index contributed by atoms with van der Waals surface area (Å²) in [5.41, 5.74) is 3.06. The summed E-state index contributed by atoms with van der Waals surface area (Å²) in [6, 6.07) is 6.43. The van der Waals surface area contributed by atoms with Crippen molar-refractivity contribution in [3.8, 4) is 12.3 Å². The van der Waals surface area contributed by atoms with Crippen LogP contribution in [-0.4, -0.2) is 8.07 Å². The Morgan fingerprint density at radius 2 is 1.47 bits per heavy atom. The van der Waals surface area contributed by atoms with Gasteiger partial charge >= 0.3 is 0 Å². The minimum atomic E-state index is -1.64. The van der Waals surface area contributed by atoms with Crippen molar-refractivity contribution in [1.82, 2.24) is 0 Å². The quantitative estimate of drug-likeness (QED) is 0.515. The van der Waals surface area contributed by atoms with Crippen LogP contribution in [0.4, 0.5) is 0 Å². The molecule has 0 aliphatic heterocycles. The van der Waals surface area contributed by atoms with E-state index in [9.17, 15) is 0 Å². The summed E-state index contributed by atoms with van der Waals surface area (Å²) in [7, 11) is -1.64. The second-order valence-corrected chi connectivity index (χ2v) is 12.9. The van der Waals surface area contributed by atoms with Gasteiger partial charge in [0.05, 0.1) is 8.07 Å². The third-order valence-electron chi connectivity index (χ3n) is 4.49. The summed E-state index contributed by atoms with van der Waals surface area (Å²) in [4.78, 5) is 0. The predicted molar refractivity (Wildman–Crippen MR) is 92.8 cm³/mol. The molecule has 0 saturated carbocycles. The molecule has 1 aromatic rings. The standard InChI is InChI=1S/C17H25BrSi/c1-8-15-10-9-11-16(17(15)18)19(12(2)3,13(4)5)14(6)7/h1,9-14H,2-7H3. The Bertz CT molecular complexity index is 459. The smallest absolute Gasteiger partial charge is 0.0957 e. The molecular weight excluding hydrogens is 312 g/mol. The largest absolute Gasteiger partial charge is 0.115 e. The van der Waals surface area contributed by atoms with Gasteiger partial charge in [0.2, 0.25) is 0 Å². The van der Waals surface area contributed by atoms with Gasteiger partial charge < -0.3 is 0 Å². The van der Waals surface area contributed by atoms with Crippen molar-refractivity contribution in [1.29, 1.82) is 0 Å². The Morgan fingerprint density at radius 3 is 1.84 bits per heavy atom. The van der Waals surface area contributed by atoms with Crippen LogP contribution in [0.3, 0.4) is 0 Å². The SMILES string of the molecule is C#Cc1cccc([Si](C(C)C)(C(C)C)C(C)C)c1Br. The van der Waals surface area contributed by atoms with E-state index in [4.69, 9.17) is 6.42 Å². The maximum atomic E-state index is 5.63. The normalized spacial score (nSPS) is 12.3. The molecule has 0 unspecified atom stereocenters. The Hall–Kier alpha value is -0.523. The van der Waals surface area contributed by atoms with Crippen molar-refractivity contribution < 1.29 is 0 Å². The maximum Gasteiger partial charge on any atom is 0.0957 e. The molecule has 0 aliphatic carbocycles. The number of halogens is 1. The number of hydrogen-bond acceptors (Lipinski definition) is 0. The Balaban J connectivity index is 3.64. The van der Waals surface area contributed by atoms with Gasteiger partial charge in [0.1, 0.15) is 0 Å². The zero-order valence-corrected chi connectivity index (χ0v) is 15.5. The molecule has 0 bridgehead atoms. The van der Waals surface area contributed by atoms with E-state index in [0.29, 0.717) is 16.6 Å². The lowest BCUT2D eigenvalue weighted by molar-refractivity contribution is 0.834. The fourth-order valence-corrected chi connectivity index (χ4v) is 12.1. The van der Waals surface area contributed by atoms with Gasteiger partial charge in [0, 0.05) is 10.0 Å². The predicted octanol–water partition coefficient (Wildman–Crippen LogP) is 5.32. The highest BCUT2D eigenvalue weighted by Crippen LogP contribution is 2.42. The summed E-state index contributed by atoms with van der Waals surface area (Å²) in [6.45, 7) is 14.3. The van der Waals surface area contributed by atoms with E-state index in [2.05, 4.69) is 75.5 Å². The van der Waals surface area contributed by atoms with Crippen molar-refractivity contribution in [3.05, 3.63) is 28.2 Å². The molecule has 0 nitrogen and oxygen atoms in total. The van der Waals surface area contributed by atoms with Crippen molar-refractivity contribution in [2.24, 2.45) is 0 Å². The molecule has 0 radical (unpaired) electrons. The molecule has 0 saturated heterocycles. The minimum Gasteiger partial charge on any atom is -0.115 e. The molecule has 0 aliphatic rings. The monoisotopic (exact) mass is 336 g/mol. The molecule has 0 aromatic heterocycles. The lowest BCUT2D eigenvalue weighted by Gasteiger charge is -2.44. The molecular formula is C17H25BrSi. The van der Waals surface area contributed by atoms with Gasteiger partial charge in [-0.3, -0.25) is 0 Å². The highest BCUT2D eigenvalue weighted by atomic mass is 79.9. The topological polar surface area (TPSA) is 0 Å². The van der Waals surface area contributed by atoms with Gasteiger partial charge in [-0.15, -0.1) is 6.42 Å². The molecule has 0 N–H and O–H groups in total. The number of hydrogen-bond donors (Lipinski definition) is 0. The average Bonchev–Trinajstić information content (AvgIpc) is 2.30. The first-order valence-electron chi connectivity index (χ1n) is 7.05. The van der Waals surface area contributed by atoms with E-state index < -0.39 is 8.07 Å². The molecule has 1 rings (SSSR count). The first kappa shape index (κ1) is 16.5. The zero-order valence-electron chi connectivity index (χ0n) is 12.9. The van der Waals surface area contributed by atoms with Crippen LogP contribution in [-0.2, 0) is 0 Å². The number of benzene rings is 1. The molecule has 19 heavy (non-hydrogen) atoms. The van der Waals surface area contributed by atoms with Crippen LogP contribution in [0.2, 0.25) is 16.6 Å². The first-order valence-corrected chi connectivity index (χ1v) is 10.1. The van der Waals surface area contributed by atoms with Crippen LogP contribution in [0.1, 0.15) is 47.1 Å². The Labute approximate surface area is 128 Å². The van der Waals surface area contributed by atoms with Crippen LogP contribution in [0.15, 0.2) is 22.7 Å². The highest BCUT2D eigenvalue weighted by Gasteiger charge is 2.45. The van der Waals surface area contributed by atoms with Gasteiger partial charge in [-0.05, 0) is 43.8 Å². The zero-order chi connectivity index (χ0) is 14.8. The summed E-state index contributed by atoms with van der Waals surface area (Å²) >= 11 is 3.77. The van der Waals surface area contributed by atoms with Crippen LogP contribution in [0.5, 0.6) is 0 Å². The molecule has 0 heterocycles. The van der Waals surface area contributed by atoms with Crippen LogP contribution < -0.4 is 5.19 Å². The molecule has 0 fully saturated rings. The highest BCUT2D eigenvalue weighted by molar-refractivity contribution is 9.10. The number of rotatable bonds is 4. The lowest BCUT2D eigenvalue weighted by atomic mass is 10.2. The molecule has 1 aromatic carbocycles. The molecule has 0 spiro atoms. The van der Waals surface area contributed by atoms with Gasteiger partial charge in [-0.25, -0.2) is 0 Å². The molecule has 0 atom stereocenters. The summed E-state index contributed by atoms with van der Waals surface area (Å²) in [5, 5.41) is 1.49. The van der Waals surface area contributed by atoms with Gasteiger partial charge in [-0.2, -0.15) is 0 Å². The third-order valence-corrected chi connectivity index (χ3v) is 12.8. The average molecular weight is 337 g/mol. The summed E-state index contributed by atoms with van der Waals surface area (Å²) < 4.78 is 1.15. The second kappa shape index (κ2) is 6.28. The van der Waals surface area contributed by atoms with E-state index >= 15 is 0 Å². The van der Waals surface area contributed by atoms with Crippen molar-refractivity contribution in [3.63, 3.8) is 0 Å². The van der Waals surface area contributed by atoms with Crippen LogP contribution >= 0.6 is 15.9 Å². The van der Waals surface area contributed by atoms with Gasteiger partial charge in [-0.1, -0.05) is 59.6 Å². The van der Waals surface area contributed by atoms with Crippen molar-refractivity contribution in [2.75, 3.05) is 0 Å². The summed E-state index contributed by atoms with van der Waals surface area (Å²) in [5.74, 6) is 2.80. The van der Waals surface area contributed by atoms with E-state index in [1.165, 1.54) is 5.19 Å². The van der Waals surface area contributed by atoms with E-state index in [1.54, 1.807) is 0 Å². The van der Waals surface area contributed by atoms with Gasteiger partial charge in [0.25, 0.3) is 0 Å². The van der Waals surface area contributed by atoms with E-state index in [1.807, 2.05) is 6.07 Å². The molecule has 104 valence electrons.